The molecule has 1 saturated heterocycles. The number of aryl methyl sites for hydroxylation is 2. The monoisotopic (exact) mass is 329 g/mol. The molecular formula is C19H23NO4. The van der Waals surface area contributed by atoms with Crippen LogP contribution in [0.15, 0.2) is 34.7 Å². The van der Waals surface area contributed by atoms with Crippen LogP contribution in [0.25, 0.3) is 0 Å². The van der Waals surface area contributed by atoms with E-state index >= 15 is 0 Å². The molecule has 5 nitrogen and oxygen atoms in total. The Labute approximate surface area is 141 Å². The van der Waals surface area contributed by atoms with Crippen molar-refractivity contribution in [3.05, 3.63) is 53.0 Å². The van der Waals surface area contributed by atoms with Crippen molar-refractivity contribution in [3.8, 4) is 5.75 Å². The van der Waals surface area contributed by atoms with E-state index in [9.17, 15) is 4.79 Å². The van der Waals surface area contributed by atoms with Gasteiger partial charge in [-0.1, -0.05) is 12.1 Å². The third kappa shape index (κ3) is 4.17. The predicted molar refractivity (Wildman–Crippen MR) is 90.3 cm³/mol. The molecule has 1 aliphatic heterocycles. The fourth-order valence-corrected chi connectivity index (χ4v) is 2.69. The predicted octanol–water partition coefficient (Wildman–Crippen LogP) is 3.38. The van der Waals surface area contributed by atoms with Crippen LogP contribution in [0.4, 0.5) is 0 Å². The molecule has 3 rings (SSSR count). The Bertz CT molecular complexity index is 701. The van der Waals surface area contributed by atoms with Gasteiger partial charge in [0.25, 0.3) is 5.91 Å². The third-order valence-corrected chi connectivity index (χ3v) is 4.11. The van der Waals surface area contributed by atoms with Crippen molar-refractivity contribution in [3.63, 3.8) is 0 Å². The van der Waals surface area contributed by atoms with Crippen LogP contribution in [0.3, 0.4) is 0 Å². The van der Waals surface area contributed by atoms with Crippen LogP contribution >= 0.6 is 0 Å². The summed E-state index contributed by atoms with van der Waals surface area (Å²) in [6.45, 7) is 5.62. The van der Waals surface area contributed by atoms with Gasteiger partial charge in [-0.15, -0.1) is 0 Å². The van der Waals surface area contributed by atoms with Crippen LogP contribution in [0.2, 0.25) is 0 Å². The summed E-state index contributed by atoms with van der Waals surface area (Å²) in [5.41, 5.74) is 2.21. The molecular weight excluding hydrogens is 306 g/mol. The van der Waals surface area contributed by atoms with Crippen molar-refractivity contribution in [1.29, 1.82) is 0 Å². The maximum absolute atomic E-state index is 12.1. The van der Waals surface area contributed by atoms with Gasteiger partial charge in [0, 0.05) is 13.2 Å². The number of furan rings is 1. The Hall–Kier alpha value is -2.27. The second-order valence-electron chi connectivity index (χ2n) is 6.17. The number of ether oxygens (including phenoxy) is 2. The van der Waals surface area contributed by atoms with Gasteiger partial charge in [-0.05, 0) is 56.0 Å². The van der Waals surface area contributed by atoms with Crippen LogP contribution in [0.5, 0.6) is 5.75 Å². The summed E-state index contributed by atoms with van der Waals surface area (Å²) in [5.74, 6) is 1.53. The molecule has 0 spiro atoms. The average Bonchev–Trinajstić information content (AvgIpc) is 3.25. The van der Waals surface area contributed by atoms with Crippen molar-refractivity contribution in [2.45, 2.75) is 39.4 Å². The molecule has 1 N–H and O–H groups in total. The number of benzene rings is 1. The number of rotatable bonds is 6. The highest BCUT2D eigenvalue weighted by Crippen LogP contribution is 2.21. The lowest BCUT2D eigenvalue weighted by Gasteiger charge is -2.10. The number of carbonyl (C=O) groups excluding carboxylic acids is 1. The molecule has 1 amide bonds. The first kappa shape index (κ1) is 16.6. The van der Waals surface area contributed by atoms with E-state index in [1.165, 1.54) is 0 Å². The average molecular weight is 329 g/mol. The zero-order valence-corrected chi connectivity index (χ0v) is 14.1. The van der Waals surface area contributed by atoms with Gasteiger partial charge < -0.3 is 19.2 Å². The Morgan fingerprint density at radius 3 is 2.96 bits per heavy atom. The minimum atomic E-state index is -0.219. The van der Waals surface area contributed by atoms with Crippen LogP contribution in [-0.2, 0) is 11.3 Å². The number of nitrogens with one attached hydrogen (secondary N) is 1. The normalized spacial score (nSPS) is 17.0. The van der Waals surface area contributed by atoms with Gasteiger partial charge in [0.2, 0.25) is 0 Å². The van der Waals surface area contributed by atoms with E-state index in [0.29, 0.717) is 24.7 Å². The van der Waals surface area contributed by atoms with Gasteiger partial charge in [0.1, 0.15) is 18.1 Å². The molecule has 1 aromatic heterocycles. The summed E-state index contributed by atoms with van der Waals surface area (Å²) >= 11 is 0. The standard InChI is InChI=1S/C19H23NO4/c1-13-5-6-14(2)18(10-13)23-12-16-7-8-17(24-16)19(21)20-11-15-4-3-9-22-15/h5-8,10,15H,3-4,9,11-12H2,1-2H3,(H,20,21). The Balaban J connectivity index is 1.53. The van der Waals surface area contributed by atoms with Gasteiger partial charge in [0.15, 0.2) is 5.76 Å². The highest BCUT2D eigenvalue weighted by atomic mass is 16.5. The first-order valence-corrected chi connectivity index (χ1v) is 8.30. The van der Waals surface area contributed by atoms with Crippen molar-refractivity contribution in [2.75, 3.05) is 13.2 Å². The molecule has 1 aromatic carbocycles. The van der Waals surface area contributed by atoms with E-state index in [1.54, 1.807) is 12.1 Å². The molecule has 0 aliphatic carbocycles. The van der Waals surface area contributed by atoms with Crippen molar-refractivity contribution in [1.82, 2.24) is 5.32 Å². The van der Waals surface area contributed by atoms with Gasteiger partial charge in [0.05, 0.1) is 6.10 Å². The summed E-state index contributed by atoms with van der Waals surface area (Å²) in [6, 6.07) is 9.51. The molecule has 1 atom stereocenters. The number of hydrogen-bond donors (Lipinski definition) is 1. The van der Waals surface area contributed by atoms with Gasteiger partial charge in [-0.2, -0.15) is 0 Å². The fraction of sp³-hybridized carbons (Fsp3) is 0.421. The van der Waals surface area contributed by atoms with E-state index in [4.69, 9.17) is 13.9 Å². The van der Waals surface area contributed by atoms with E-state index in [-0.39, 0.29) is 12.0 Å². The van der Waals surface area contributed by atoms with E-state index < -0.39 is 0 Å². The van der Waals surface area contributed by atoms with E-state index in [1.807, 2.05) is 32.0 Å². The maximum atomic E-state index is 12.1. The molecule has 128 valence electrons. The summed E-state index contributed by atoms with van der Waals surface area (Å²) in [4.78, 5) is 12.1. The highest BCUT2D eigenvalue weighted by molar-refractivity contribution is 5.91. The largest absolute Gasteiger partial charge is 0.485 e. The number of carbonyl (C=O) groups is 1. The minimum Gasteiger partial charge on any atom is -0.485 e. The maximum Gasteiger partial charge on any atom is 0.287 e. The van der Waals surface area contributed by atoms with Crippen LogP contribution in [0.1, 0.15) is 40.3 Å². The second-order valence-corrected chi connectivity index (χ2v) is 6.17. The van der Waals surface area contributed by atoms with Crippen molar-refractivity contribution in [2.24, 2.45) is 0 Å². The number of amides is 1. The summed E-state index contributed by atoms with van der Waals surface area (Å²) in [7, 11) is 0. The molecule has 0 radical (unpaired) electrons. The zero-order chi connectivity index (χ0) is 16.9. The fourth-order valence-electron chi connectivity index (χ4n) is 2.69. The number of hydrogen-bond acceptors (Lipinski definition) is 4. The summed E-state index contributed by atoms with van der Waals surface area (Å²) in [6.07, 6.45) is 2.17. The first-order chi connectivity index (χ1) is 11.6. The second kappa shape index (κ2) is 7.53. The molecule has 2 aromatic rings. The zero-order valence-electron chi connectivity index (χ0n) is 14.1. The van der Waals surface area contributed by atoms with Gasteiger partial charge in [-0.3, -0.25) is 4.79 Å². The SMILES string of the molecule is Cc1ccc(C)c(OCc2ccc(C(=O)NCC3CCCO3)o2)c1. The van der Waals surface area contributed by atoms with E-state index in [2.05, 4.69) is 5.32 Å². The van der Waals surface area contributed by atoms with Crippen LogP contribution in [0, 0.1) is 13.8 Å². The Morgan fingerprint density at radius 2 is 2.17 bits per heavy atom. The van der Waals surface area contributed by atoms with Crippen LogP contribution in [-0.4, -0.2) is 25.2 Å². The molecule has 2 heterocycles. The first-order valence-electron chi connectivity index (χ1n) is 8.30. The van der Waals surface area contributed by atoms with Gasteiger partial charge in [-0.25, -0.2) is 0 Å². The van der Waals surface area contributed by atoms with Gasteiger partial charge >= 0.3 is 0 Å². The lowest BCUT2D eigenvalue weighted by atomic mass is 10.1. The third-order valence-electron chi connectivity index (χ3n) is 4.11. The van der Waals surface area contributed by atoms with Crippen molar-refractivity contribution < 1.29 is 18.7 Å². The molecule has 0 saturated carbocycles. The molecule has 1 fully saturated rings. The Morgan fingerprint density at radius 1 is 1.29 bits per heavy atom. The molecule has 0 bridgehead atoms. The lowest BCUT2D eigenvalue weighted by molar-refractivity contribution is 0.0832. The van der Waals surface area contributed by atoms with Crippen molar-refractivity contribution >= 4 is 5.91 Å². The summed E-state index contributed by atoms with van der Waals surface area (Å²) in [5, 5.41) is 2.85. The minimum absolute atomic E-state index is 0.121. The molecule has 1 aliphatic rings. The smallest absolute Gasteiger partial charge is 0.287 e. The molecule has 1 unspecified atom stereocenters. The lowest BCUT2D eigenvalue weighted by Crippen LogP contribution is -2.31. The quantitative estimate of drug-likeness (QED) is 0.882. The topological polar surface area (TPSA) is 60.7 Å². The van der Waals surface area contributed by atoms with E-state index in [0.717, 1.165) is 36.3 Å². The molecule has 24 heavy (non-hydrogen) atoms. The van der Waals surface area contributed by atoms with Crippen LogP contribution < -0.4 is 10.1 Å². The highest BCUT2D eigenvalue weighted by Gasteiger charge is 2.18. The summed E-state index contributed by atoms with van der Waals surface area (Å²) < 4.78 is 16.9. The molecule has 5 heteroatoms. The Kier molecular flexibility index (Phi) is 5.20.